The Balaban J connectivity index is 1.95. The molecule has 1 aliphatic rings. The maximum atomic E-state index is 12.2. The number of aryl methyl sites for hydroxylation is 2. The summed E-state index contributed by atoms with van der Waals surface area (Å²) < 4.78 is 4.95. The average Bonchev–Trinajstić information content (AvgIpc) is 2.88. The van der Waals surface area contributed by atoms with E-state index < -0.39 is 0 Å². The summed E-state index contributed by atoms with van der Waals surface area (Å²) in [7, 11) is 1.64. The number of amides is 2. The summed E-state index contributed by atoms with van der Waals surface area (Å²) in [4.78, 5) is 26.0. The summed E-state index contributed by atoms with van der Waals surface area (Å²) in [5.74, 6) is -0.298. The van der Waals surface area contributed by atoms with E-state index in [0.717, 1.165) is 17.7 Å². The average molecular weight is 304 g/mol. The minimum Gasteiger partial charge on any atom is -0.385 e. The third-order valence-corrected chi connectivity index (χ3v) is 4.12. The van der Waals surface area contributed by atoms with Crippen LogP contribution in [0.25, 0.3) is 0 Å². The van der Waals surface area contributed by atoms with Crippen molar-refractivity contribution in [3.8, 4) is 0 Å². The molecule has 1 saturated heterocycles. The molecule has 0 saturated carbocycles. The van der Waals surface area contributed by atoms with Crippen LogP contribution in [0.2, 0.25) is 0 Å². The maximum Gasteiger partial charge on any atom is 0.227 e. The van der Waals surface area contributed by atoms with E-state index in [0.29, 0.717) is 19.7 Å². The first kappa shape index (κ1) is 16.5. The predicted octanol–water partition coefficient (Wildman–Crippen LogP) is 1.81. The third kappa shape index (κ3) is 3.85. The second kappa shape index (κ2) is 7.40. The van der Waals surface area contributed by atoms with Crippen LogP contribution < -0.4 is 10.2 Å². The first-order chi connectivity index (χ1) is 10.5. The van der Waals surface area contributed by atoms with Crippen molar-refractivity contribution in [1.29, 1.82) is 0 Å². The summed E-state index contributed by atoms with van der Waals surface area (Å²) in [5, 5.41) is 2.87. The number of carbonyl (C=O) groups excluding carboxylic acids is 2. The highest BCUT2D eigenvalue weighted by molar-refractivity contribution is 6.00. The number of benzene rings is 1. The Bertz CT molecular complexity index is 557. The van der Waals surface area contributed by atoms with Gasteiger partial charge in [0.05, 0.1) is 5.92 Å². The Morgan fingerprint density at radius 1 is 1.36 bits per heavy atom. The standard InChI is InChI=1S/C17H24N2O3/c1-12-5-6-15(9-13(12)2)19-11-14(10-16(19)20)17(21)18-7-4-8-22-3/h5-6,9,14H,4,7-8,10-11H2,1-3H3,(H,18,21)/t14-/m1/s1. The van der Waals surface area contributed by atoms with Gasteiger partial charge in [0.1, 0.15) is 0 Å². The molecule has 0 aromatic heterocycles. The van der Waals surface area contributed by atoms with Crippen LogP contribution in [0.4, 0.5) is 5.69 Å². The van der Waals surface area contributed by atoms with E-state index in [-0.39, 0.29) is 24.2 Å². The zero-order valence-corrected chi connectivity index (χ0v) is 13.5. The van der Waals surface area contributed by atoms with E-state index in [1.165, 1.54) is 5.56 Å². The summed E-state index contributed by atoms with van der Waals surface area (Å²) in [6.45, 7) is 5.73. The van der Waals surface area contributed by atoms with Gasteiger partial charge in [0, 0.05) is 38.9 Å². The molecule has 2 amide bonds. The van der Waals surface area contributed by atoms with Gasteiger partial charge in [-0.05, 0) is 43.5 Å². The molecular formula is C17H24N2O3. The first-order valence-corrected chi connectivity index (χ1v) is 7.67. The largest absolute Gasteiger partial charge is 0.385 e. The summed E-state index contributed by atoms with van der Waals surface area (Å²) >= 11 is 0. The van der Waals surface area contributed by atoms with Crippen molar-refractivity contribution in [3.05, 3.63) is 29.3 Å². The Morgan fingerprint density at radius 3 is 2.82 bits per heavy atom. The number of ether oxygens (including phenoxy) is 1. The van der Waals surface area contributed by atoms with Gasteiger partial charge in [-0.3, -0.25) is 9.59 Å². The molecule has 1 N–H and O–H groups in total. The number of hydrogen-bond acceptors (Lipinski definition) is 3. The first-order valence-electron chi connectivity index (χ1n) is 7.67. The van der Waals surface area contributed by atoms with Crippen LogP contribution in [0.15, 0.2) is 18.2 Å². The summed E-state index contributed by atoms with van der Waals surface area (Å²) in [6.07, 6.45) is 1.06. The number of nitrogens with zero attached hydrogens (tertiary/aromatic N) is 1. The molecule has 2 rings (SSSR count). The third-order valence-electron chi connectivity index (χ3n) is 4.12. The number of nitrogens with one attached hydrogen (secondary N) is 1. The maximum absolute atomic E-state index is 12.2. The van der Waals surface area contributed by atoms with Crippen LogP contribution in [0.3, 0.4) is 0 Å². The van der Waals surface area contributed by atoms with Crippen LogP contribution in [0.5, 0.6) is 0 Å². The SMILES string of the molecule is COCCCNC(=O)[C@@H]1CC(=O)N(c2ccc(C)c(C)c2)C1. The van der Waals surface area contributed by atoms with Gasteiger partial charge in [-0.25, -0.2) is 0 Å². The van der Waals surface area contributed by atoms with Crippen molar-refractivity contribution in [3.63, 3.8) is 0 Å². The van der Waals surface area contributed by atoms with Crippen LogP contribution >= 0.6 is 0 Å². The van der Waals surface area contributed by atoms with Gasteiger partial charge >= 0.3 is 0 Å². The summed E-state index contributed by atoms with van der Waals surface area (Å²) in [6, 6.07) is 5.96. The lowest BCUT2D eigenvalue weighted by Crippen LogP contribution is -2.33. The second-order valence-corrected chi connectivity index (χ2v) is 5.81. The molecule has 1 atom stereocenters. The van der Waals surface area contributed by atoms with Gasteiger partial charge in [0.15, 0.2) is 0 Å². The fourth-order valence-electron chi connectivity index (χ4n) is 2.60. The van der Waals surface area contributed by atoms with Crippen molar-refractivity contribution < 1.29 is 14.3 Å². The minimum absolute atomic E-state index is 0.0142. The number of methoxy groups -OCH3 is 1. The van der Waals surface area contributed by atoms with Gasteiger partial charge in [-0.15, -0.1) is 0 Å². The topological polar surface area (TPSA) is 58.6 Å². The van der Waals surface area contributed by atoms with Crippen LogP contribution in [-0.4, -0.2) is 38.6 Å². The molecular weight excluding hydrogens is 280 g/mol. The molecule has 1 fully saturated rings. The minimum atomic E-state index is -0.267. The molecule has 5 nitrogen and oxygen atoms in total. The van der Waals surface area contributed by atoms with E-state index in [9.17, 15) is 9.59 Å². The molecule has 0 bridgehead atoms. The lowest BCUT2D eigenvalue weighted by atomic mass is 10.1. The lowest BCUT2D eigenvalue weighted by molar-refractivity contribution is -0.126. The number of anilines is 1. The van der Waals surface area contributed by atoms with E-state index in [1.54, 1.807) is 12.0 Å². The highest BCUT2D eigenvalue weighted by Gasteiger charge is 2.34. The molecule has 1 heterocycles. The normalized spacial score (nSPS) is 17.9. The van der Waals surface area contributed by atoms with E-state index in [4.69, 9.17) is 4.74 Å². The number of carbonyl (C=O) groups is 2. The van der Waals surface area contributed by atoms with Crippen LogP contribution in [0.1, 0.15) is 24.0 Å². The molecule has 22 heavy (non-hydrogen) atoms. The zero-order valence-electron chi connectivity index (χ0n) is 13.5. The summed E-state index contributed by atoms with van der Waals surface area (Å²) in [5.41, 5.74) is 3.23. The molecule has 0 aliphatic carbocycles. The van der Waals surface area contributed by atoms with Gasteiger partial charge in [0.2, 0.25) is 11.8 Å². The zero-order chi connectivity index (χ0) is 16.1. The van der Waals surface area contributed by atoms with Crippen molar-refractivity contribution in [2.45, 2.75) is 26.7 Å². The quantitative estimate of drug-likeness (QED) is 0.815. The van der Waals surface area contributed by atoms with Crippen LogP contribution in [0, 0.1) is 19.8 Å². The van der Waals surface area contributed by atoms with Crippen LogP contribution in [-0.2, 0) is 14.3 Å². The molecule has 0 unspecified atom stereocenters. The predicted molar refractivity (Wildman–Crippen MR) is 85.9 cm³/mol. The van der Waals surface area contributed by atoms with Gasteiger partial charge in [-0.2, -0.15) is 0 Å². The Hall–Kier alpha value is -1.88. The fourth-order valence-corrected chi connectivity index (χ4v) is 2.60. The highest BCUT2D eigenvalue weighted by atomic mass is 16.5. The van der Waals surface area contributed by atoms with Crippen molar-refractivity contribution >= 4 is 17.5 Å². The van der Waals surface area contributed by atoms with E-state index >= 15 is 0 Å². The Morgan fingerprint density at radius 2 is 2.14 bits per heavy atom. The molecule has 1 aromatic rings. The molecule has 1 aromatic carbocycles. The molecule has 0 radical (unpaired) electrons. The van der Waals surface area contributed by atoms with Gasteiger partial charge in [-0.1, -0.05) is 6.07 Å². The van der Waals surface area contributed by atoms with Crippen molar-refractivity contribution in [1.82, 2.24) is 5.32 Å². The highest BCUT2D eigenvalue weighted by Crippen LogP contribution is 2.26. The smallest absolute Gasteiger partial charge is 0.227 e. The fraction of sp³-hybridized carbons (Fsp3) is 0.529. The second-order valence-electron chi connectivity index (χ2n) is 5.81. The number of rotatable bonds is 6. The van der Waals surface area contributed by atoms with Crippen molar-refractivity contribution in [2.24, 2.45) is 5.92 Å². The van der Waals surface area contributed by atoms with Gasteiger partial charge < -0.3 is 15.0 Å². The molecule has 120 valence electrons. The molecule has 0 spiro atoms. The van der Waals surface area contributed by atoms with E-state index in [2.05, 4.69) is 5.32 Å². The monoisotopic (exact) mass is 304 g/mol. The Labute approximate surface area is 131 Å². The number of hydrogen-bond donors (Lipinski definition) is 1. The molecule has 1 aliphatic heterocycles. The van der Waals surface area contributed by atoms with E-state index in [1.807, 2.05) is 32.0 Å². The lowest BCUT2D eigenvalue weighted by Gasteiger charge is -2.18. The Kier molecular flexibility index (Phi) is 5.55. The van der Waals surface area contributed by atoms with Crippen molar-refractivity contribution in [2.75, 3.05) is 31.7 Å². The molecule has 5 heteroatoms. The van der Waals surface area contributed by atoms with Gasteiger partial charge in [0.25, 0.3) is 0 Å².